The van der Waals surface area contributed by atoms with E-state index in [1.54, 1.807) is 19.2 Å². The van der Waals surface area contributed by atoms with E-state index < -0.39 is 0 Å². The van der Waals surface area contributed by atoms with E-state index in [0.29, 0.717) is 23.7 Å². The summed E-state index contributed by atoms with van der Waals surface area (Å²) >= 11 is 6.04. The van der Waals surface area contributed by atoms with Gasteiger partial charge in [-0.2, -0.15) is 0 Å². The second kappa shape index (κ2) is 6.73. The minimum atomic E-state index is -0.269. The molecule has 4 heteroatoms. The van der Waals surface area contributed by atoms with Crippen molar-refractivity contribution < 1.29 is 9.13 Å². The summed E-state index contributed by atoms with van der Waals surface area (Å²) in [6, 6.07) is 12.6. The van der Waals surface area contributed by atoms with Crippen LogP contribution in [-0.2, 0) is 13.1 Å². The topological polar surface area (TPSA) is 12.5 Å². The highest BCUT2D eigenvalue weighted by atomic mass is 35.5. The van der Waals surface area contributed by atoms with Crippen LogP contribution in [0.1, 0.15) is 11.1 Å². The Hall–Kier alpha value is -1.58. The molecule has 0 heterocycles. The number of hydrogen-bond acceptors (Lipinski definition) is 2. The van der Waals surface area contributed by atoms with Gasteiger partial charge in [0.1, 0.15) is 11.6 Å². The maximum atomic E-state index is 13.7. The first-order valence-corrected chi connectivity index (χ1v) is 6.72. The van der Waals surface area contributed by atoms with E-state index in [1.807, 2.05) is 36.2 Å². The Morgan fingerprint density at radius 3 is 2.60 bits per heavy atom. The highest BCUT2D eigenvalue weighted by Crippen LogP contribution is 2.21. The van der Waals surface area contributed by atoms with E-state index in [4.69, 9.17) is 16.3 Å². The number of benzene rings is 2. The minimum absolute atomic E-state index is 0.269. The molecule has 0 spiro atoms. The molecule has 0 aromatic heterocycles. The zero-order valence-corrected chi connectivity index (χ0v) is 12.3. The molecule has 0 unspecified atom stereocenters. The molecule has 2 aromatic rings. The van der Waals surface area contributed by atoms with Gasteiger partial charge < -0.3 is 4.74 Å². The van der Waals surface area contributed by atoms with Crippen LogP contribution in [0.2, 0.25) is 5.02 Å². The Labute approximate surface area is 123 Å². The highest BCUT2D eigenvalue weighted by Gasteiger charge is 2.10. The smallest absolute Gasteiger partial charge is 0.129 e. The van der Waals surface area contributed by atoms with Crippen LogP contribution in [0.25, 0.3) is 0 Å². The van der Waals surface area contributed by atoms with Crippen LogP contribution in [0.15, 0.2) is 42.5 Å². The van der Waals surface area contributed by atoms with Crippen LogP contribution in [-0.4, -0.2) is 19.1 Å². The Morgan fingerprint density at radius 1 is 1.15 bits per heavy atom. The minimum Gasteiger partial charge on any atom is -0.497 e. The summed E-state index contributed by atoms with van der Waals surface area (Å²) in [7, 11) is 3.57. The summed E-state index contributed by atoms with van der Waals surface area (Å²) in [6.07, 6.45) is 0. The molecule has 106 valence electrons. The molecular weight excluding hydrogens is 277 g/mol. The molecule has 2 aromatic carbocycles. The molecule has 0 radical (unpaired) electrons. The van der Waals surface area contributed by atoms with E-state index in [1.165, 1.54) is 6.07 Å². The van der Waals surface area contributed by atoms with Gasteiger partial charge in [-0.3, -0.25) is 4.90 Å². The quantitative estimate of drug-likeness (QED) is 0.822. The van der Waals surface area contributed by atoms with Crippen LogP contribution < -0.4 is 4.74 Å². The molecule has 0 saturated carbocycles. The van der Waals surface area contributed by atoms with E-state index in [2.05, 4.69) is 0 Å². The third-order valence-corrected chi connectivity index (χ3v) is 3.43. The summed E-state index contributed by atoms with van der Waals surface area (Å²) in [5.41, 5.74) is 1.64. The van der Waals surface area contributed by atoms with Crippen LogP contribution in [0.4, 0.5) is 4.39 Å². The fourth-order valence-electron chi connectivity index (χ4n) is 2.09. The number of halogens is 2. The molecule has 2 rings (SSSR count). The molecule has 0 aliphatic heterocycles. The van der Waals surface area contributed by atoms with Crippen molar-refractivity contribution in [2.75, 3.05) is 14.2 Å². The molecule has 0 atom stereocenters. The Kier molecular flexibility index (Phi) is 4.99. The van der Waals surface area contributed by atoms with Gasteiger partial charge in [0.25, 0.3) is 0 Å². The van der Waals surface area contributed by atoms with E-state index in [-0.39, 0.29) is 5.82 Å². The van der Waals surface area contributed by atoms with Crippen molar-refractivity contribution in [3.8, 4) is 5.75 Å². The third-order valence-electron chi connectivity index (χ3n) is 3.08. The van der Waals surface area contributed by atoms with Gasteiger partial charge in [-0.15, -0.1) is 0 Å². The lowest BCUT2D eigenvalue weighted by molar-refractivity contribution is 0.313. The first kappa shape index (κ1) is 14.8. The average molecular weight is 294 g/mol. The molecule has 0 saturated heterocycles. The van der Waals surface area contributed by atoms with Crippen molar-refractivity contribution in [3.05, 3.63) is 64.4 Å². The summed E-state index contributed by atoms with van der Waals surface area (Å²) < 4.78 is 18.9. The van der Waals surface area contributed by atoms with Crippen LogP contribution in [0.5, 0.6) is 5.75 Å². The van der Waals surface area contributed by atoms with Crippen molar-refractivity contribution in [1.82, 2.24) is 4.90 Å². The predicted molar refractivity (Wildman–Crippen MR) is 79.6 cm³/mol. The summed E-state index contributed by atoms with van der Waals surface area (Å²) in [4.78, 5) is 2.01. The monoisotopic (exact) mass is 293 g/mol. The van der Waals surface area contributed by atoms with Crippen molar-refractivity contribution in [1.29, 1.82) is 0 Å². The van der Waals surface area contributed by atoms with Crippen molar-refractivity contribution in [2.45, 2.75) is 13.1 Å². The second-order valence-corrected chi connectivity index (χ2v) is 5.13. The Bertz CT molecular complexity index is 568. The average Bonchev–Trinajstić information content (AvgIpc) is 2.43. The fraction of sp³-hybridized carbons (Fsp3) is 0.250. The maximum absolute atomic E-state index is 13.7. The Balaban J connectivity index is 2.07. The number of nitrogens with zero attached hydrogens (tertiary/aromatic N) is 1. The second-order valence-electron chi connectivity index (χ2n) is 4.72. The third kappa shape index (κ3) is 3.71. The standard InChI is InChI=1S/C16H17ClFNO/c1-19(10-12-5-3-6-13(9-12)20-2)11-14-15(17)7-4-8-16(14)18/h3-9H,10-11H2,1-2H3. The van der Waals surface area contributed by atoms with Crippen molar-refractivity contribution in [3.63, 3.8) is 0 Å². The molecule has 20 heavy (non-hydrogen) atoms. The molecule has 2 nitrogen and oxygen atoms in total. The largest absolute Gasteiger partial charge is 0.497 e. The van der Waals surface area contributed by atoms with Crippen molar-refractivity contribution in [2.24, 2.45) is 0 Å². The van der Waals surface area contributed by atoms with Gasteiger partial charge in [0.05, 0.1) is 7.11 Å². The van der Waals surface area contributed by atoms with Gasteiger partial charge in [-0.25, -0.2) is 4.39 Å². The summed E-state index contributed by atoms with van der Waals surface area (Å²) in [5.74, 6) is 0.551. The zero-order valence-electron chi connectivity index (χ0n) is 11.6. The summed E-state index contributed by atoms with van der Waals surface area (Å²) in [6.45, 7) is 1.16. The lowest BCUT2D eigenvalue weighted by atomic mass is 10.1. The fourth-order valence-corrected chi connectivity index (χ4v) is 2.31. The van der Waals surface area contributed by atoms with E-state index in [0.717, 1.165) is 11.3 Å². The number of rotatable bonds is 5. The number of methoxy groups -OCH3 is 1. The zero-order chi connectivity index (χ0) is 14.5. The lowest BCUT2D eigenvalue weighted by Gasteiger charge is -2.18. The molecule has 0 fully saturated rings. The maximum Gasteiger partial charge on any atom is 0.129 e. The van der Waals surface area contributed by atoms with Gasteiger partial charge >= 0.3 is 0 Å². The van der Waals surface area contributed by atoms with Gasteiger partial charge in [0.15, 0.2) is 0 Å². The van der Waals surface area contributed by atoms with E-state index in [9.17, 15) is 4.39 Å². The van der Waals surface area contributed by atoms with Gasteiger partial charge in [0.2, 0.25) is 0 Å². The van der Waals surface area contributed by atoms with Crippen LogP contribution in [0.3, 0.4) is 0 Å². The SMILES string of the molecule is COc1cccc(CN(C)Cc2c(F)cccc2Cl)c1. The molecule has 0 aliphatic rings. The van der Waals surface area contributed by atoms with Crippen molar-refractivity contribution >= 4 is 11.6 Å². The molecule has 0 bridgehead atoms. The first-order chi connectivity index (χ1) is 9.60. The lowest BCUT2D eigenvalue weighted by Crippen LogP contribution is -2.18. The molecule has 0 amide bonds. The predicted octanol–water partition coefficient (Wildman–Crippen LogP) is 4.12. The van der Waals surface area contributed by atoms with Gasteiger partial charge in [-0.1, -0.05) is 29.8 Å². The van der Waals surface area contributed by atoms with E-state index >= 15 is 0 Å². The van der Waals surface area contributed by atoms with Crippen LogP contribution in [0, 0.1) is 5.82 Å². The summed E-state index contributed by atoms with van der Waals surface area (Å²) in [5, 5.41) is 0.461. The molecule has 0 aliphatic carbocycles. The highest BCUT2D eigenvalue weighted by molar-refractivity contribution is 6.31. The normalized spacial score (nSPS) is 10.8. The molecular formula is C16H17ClFNO. The number of ether oxygens (including phenoxy) is 1. The number of hydrogen-bond donors (Lipinski definition) is 0. The first-order valence-electron chi connectivity index (χ1n) is 6.34. The van der Waals surface area contributed by atoms with Gasteiger partial charge in [-0.05, 0) is 36.9 Å². The molecule has 0 N–H and O–H groups in total. The van der Waals surface area contributed by atoms with Crippen LogP contribution >= 0.6 is 11.6 Å². The van der Waals surface area contributed by atoms with Gasteiger partial charge in [0, 0.05) is 23.7 Å². The Morgan fingerprint density at radius 2 is 1.90 bits per heavy atom.